The van der Waals surface area contributed by atoms with E-state index in [0.29, 0.717) is 0 Å². The molecule has 3 heteroatoms. The smallest absolute Gasteiger partial charge is 0.0345 e. The summed E-state index contributed by atoms with van der Waals surface area (Å²) in [5, 5.41) is 3.54. The van der Waals surface area contributed by atoms with Crippen molar-refractivity contribution in [3.05, 3.63) is 70.6 Å². The van der Waals surface area contributed by atoms with Gasteiger partial charge in [0.15, 0.2) is 0 Å². The highest BCUT2D eigenvalue weighted by Crippen LogP contribution is 2.26. The van der Waals surface area contributed by atoms with Crippen LogP contribution in [-0.4, -0.2) is 17.4 Å². The third-order valence-electron chi connectivity index (χ3n) is 4.31. The van der Waals surface area contributed by atoms with Crippen LogP contribution in [0.1, 0.15) is 16.7 Å². The van der Waals surface area contributed by atoms with Gasteiger partial charge >= 0.3 is 0 Å². The molecule has 0 saturated carbocycles. The Labute approximate surface area is 140 Å². The lowest BCUT2D eigenvalue weighted by atomic mass is 10.0. The van der Waals surface area contributed by atoms with Gasteiger partial charge in [0.1, 0.15) is 0 Å². The standard InChI is InChI=1S/C19H19NS2/c1-2-4-17-8-11-20(10-7-16(17)3-1)22-14-15-5-6-18-9-12-21-19(18)13-15/h1-6,9,12-13H,7-8,10-11,14H2. The molecule has 1 aromatic heterocycles. The van der Waals surface area contributed by atoms with Crippen molar-refractivity contribution in [3.63, 3.8) is 0 Å². The maximum absolute atomic E-state index is 2.54. The van der Waals surface area contributed by atoms with E-state index in [0.717, 1.165) is 18.8 Å². The van der Waals surface area contributed by atoms with E-state index >= 15 is 0 Å². The average Bonchev–Trinajstić information content (AvgIpc) is 2.92. The molecule has 22 heavy (non-hydrogen) atoms. The van der Waals surface area contributed by atoms with E-state index in [9.17, 15) is 0 Å². The molecule has 0 saturated heterocycles. The van der Waals surface area contributed by atoms with Crippen LogP contribution in [0.15, 0.2) is 53.9 Å². The minimum Gasteiger partial charge on any atom is -0.250 e. The van der Waals surface area contributed by atoms with Crippen LogP contribution in [0.5, 0.6) is 0 Å². The van der Waals surface area contributed by atoms with E-state index in [1.807, 2.05) is 23.3 Å². The van der Waals surface area contributed by atoms with Gasteiger partial charge in [0.05, 0.1) is 0 Å². The quantitative estimate of drug-likeness (QED) is 0.613. The summed E-state index contributed by atoms with van der Waals surface area (Å²) in [4.78, 5) is 0. The van der Waals surface area contributed by atoms with Gasteiger partial charge in [-0.05, 0) is 52.4 Å². The Morgan fingerprint density at radius 1 is 0.955 bits per heavy atom. The number of rotatable bonds is 3. The van der Waals surface area contributed by atoms with E-state index in [1.54, 1.807) is 0 Å². The van der Waals surface area contributed by atoms with E-state index in [4.69, 9.17) is 0 Å². The molecular formula is C19H19NS2. The van der Waals surface area contributed by atoms with Crippen molar-refractivity contribution < 1.29 is 0 Å². The zero-order valence-electron chi connectivity index (χ0n) is 12.5. The number of thiophene rings is 1. The monoisotopic (exact) mass is 325 g/mol. The van der Waals surface area contributed by atoms with Crippen LogP contribution in [-0.2, 0) is 18.6 Å². The summed E-state index contributed by atoms with van der Waals surface area (Å²) in [5.41, 5.74) is 4.50. The molecule has 0 unspecified atom stereocenters. The molecule has 112 valence electrons. The topological polar surface area (TPSA) is 3.24 Å². The molecule has 0 N–H and O–H groups in total. The summed E-state index contributed by atoms with van der Waals surface area (Å²) in [6.07, 6.45) is 2.35. The molecule has 0 amide bonds. The molecule has 1 aliphatic rings. The highest BCUT2D eigenvalue weighted by atomic mass is 32.2. The Balaban J connectivity index is 1.40. The van der Waals surface area contributed by atoms with Gasteiger partial charge in [-0.3, -0.25) is 0 Å². The van der Waals surface area contributed by atoms with Crippen molar-refractivity contribution in [1.29, 1.82) is 0 Å². The number of hydrogen-bond acceptors (Lipinski definition) is 3. The van der Waals surface area contributed by atoms with Gasteiger partial charge in [-0.1, -0.05) is 48.3 Å². The molecule has 0 atom stereocenters. The SMILES string of the molecule is c1ccc2c(c1)CCN(SCc1ccc3ccsc3c1)CC2. The van der Waals surface area contributed by atoms with Gasteiger partial charge in [0.25, 0.3) is 0 Å². The molecule has 2 heterocycles. The molecule has 0 bridgehead atoms. The molecular weight excluding hydrogens is 306 g/mol. The van der Waals surface area contributed by atoms with Crippen molar-refractivity contribution in [2.75, 3.05) is 13.1 Å². The third kappa shape index (κ3) is 3.07. The fourth-order valence-corrected chi connectivity index (χ4v) is 4.84. The second-order valence-electron chi connectivity index (χ2n) is 5.76. The average molecular weight is 326 g/mol. The predicted molar refractivity (Wildman–Crippen MR) is 98.5 cm³/mol. The lowest BCUT2D eigenvalue weighted by molar-refractivity contribution is 0.493. The largest absolute Gasteiger partial charge is 0.250 e. The fourth-order valence-electron chi connectivity index (χ4n) is 3.03. The van der Waals surface area contributed by atoms with Gasteiger partial charge in [-0.2, -0.15) is 0 Å². The highest BCUT2D eigenvalue weighted by molar-refractivity contribution is 7.96. The first-order chi connectivity index (χ1) is 10.9. The molecule has 1 aliphatic heterocycles. The number of nitrogens with zero attached hydrogens (tertiary/aromatic N) is 1. The first kappa shape index (κ1) is 14.3. The third-order valence-corrected chi connectivity index (χ3v) is 6.39. The minimum atomic E-state index is 1.07. The number of hydrogen-bond donors (Lipinski definition) is 0. The normalized spacial score (nSPS) is 15.6. The first-order valence-electron chi connectivity index (χ1n) is 7.79. The van der Waals surface area contributed by atoms with Crippen LogP contribution in [0.25, 0.3) is 10.1 Å². The van der Waals surface area contributed by atoms with E-state index in [1.165, 1.54) is 39.6 Å². The number of benzene rings is 2. The molecule has 2 aromatic carbocycles. The Morgan fingerprint density at radius 3 is 2.50 bits per heavy atom. The second-order valence-corrected chi connectivity index (χ2v) is 7.77. The van der Waals surface area contributed by atoms with Gasteiger partial charge in [0.2, 0.25) is 0 Å². The lowest BCUT2D eigenvalue weighted by Crippen LogP contribution is -2.18. The van der Waals surface area contributed by atoms with E-state index in [-0.39, 0.29) is 0 Å². The van der Waals surface area contributed by atoms with Gasteiger partial charge in [-0.15, -0.1) is 11.3 Å². The van der Waals surface area contributed by atoms with E-state index in [2.05, 4.69) is 58.2 Å². The Kier molecular flexibility index (Phi) is 4.20. The minimum absolute atomic E-state index is 1.07. The number of fused-ring (bicyclic) bond motifs is 2. The summed E-state index contributed by atoms with van der Waals surface area (Å²) in [7, 11) is 0. The summed E-state index contributed by atoms with van der Waals surface area (Å²) in [5.74, 6) is 1.07. The molecule has 0 fully saturated rings. The Morgan fingerprint density at radius 2 is 1.73 bits per heavy atom. The molecule has 4 rings (SSSR count). The maximum atomic E-state index is 2.54. The summed E-state index contributed by atoms with van der Waals surface area (Å²) < 4.78 is 3.94. The summed E-state index contributed by atoms with van der Waals surface area (Å²) in [6.45, 7) is 2.31. The predicted octanol–water partition coefficient (Wildman–Crippen LogP) is 5.15. The first-order valence-corrected chi connectivity index (χ1v) is 9.61. The van der Waals surface area contributed by atoms with Crippen molar-refractivity contribution in [3.8, 4) is 0 Å². The summed E-state index contributed by atoms with van der Waals surface area (Å²) in [6, 6.07) is 18.0. The Bertz CT molecular complexity index is 751. The van der Waals surface area contributed by atoms with Crippen LogP contribution in [0.4, 0.5) is 0 Å². The zero-order valence-corrected chi connectivity index (χ0v) is 14.1. The van der Waals surface area contributed by atoms with Crippen LogP contribution in [0.2, 0.25) is 0 Å². The van der Waals surface area contributed by atoms with Gasteiger partial charge in [0, 0.05) is 23.5 Å². The molecule has 0 aliphatic carbocycles. The van der Waals surface area contributed by atoms with E-state index < -0.39 is 0 Å². The molecule has 3 aromatic rings. The fraction of sp³-hybridized carbons (Fsp3) is 0.263. The van der Waals surface area contributed by atoms with Crippen molar-refractivity contribution >= 4 is 33.4 Å². The van der Waals surface area contributed by atoms with Crippen LogP contribution in [0, 0.1) is 0 Å². The molecule has 1 nitrogen and oxygen atoms in total. The second kappa shape index (κ2) is 6.45. The van der Waals surface area contributed by atoms with Crippen molar-refractivity contribution in [2.45, 2.75) is 18.6 Å². The molecule has 0 spiro atoms. The maximum Gasteiger partial charge on any atom is 0.0345 e. The van der Waals surface area contributed by atoms with Crippen LogP contribution >= 0.6 is 23.3 Å². The van der Waals surface area contributed by atoms with Crippen LogP contribution < -0.4 is 0 Å². The molecule has 0 radical (unpaired) electrons. The Hall–Kier alpha value is -1.29. The van der Waals surface area contributed by atoms with Gasteiger partial charge in [-0.25, -0.2) is 4.31 Å². The summed E-state index contributed by atoms with van der Waals surface area (Å²) >= 11 is 3.82. The zero-order chi connectivity index (χ0) is 14.8. The van der Waals surface area contributed by atoms with Crippen molar-refractivity contribution in [2.24, 2.45) is 0 Å². The van der Waals surface area contributed by atoms with Gasteiger partial charge < -0.3 is 0 Å². The lowest BCUT2D eigenvalue weighted by Gasteiger charge is -2.18. The highest BCUT2D eigenvalue weighted by Gasteiger charge is 2.13. The van der Waals surface area contributed by atoms with Crippen molar-refractivity contribution in [1.82, 2.24) is 4.31 Å². The van der Waals surface area contributed by atoms with Crippen LogP contribution in [0.3, 0.4) is 0 Å².